The third kappa shape index (κ3) is 5.38. The van der Waals surface area contributed by atoms with Gasteiger partial charge in [0.1, 0.15) is 24.1 Å². The highest BCUT2D eigenvalue weighted by Gasteiger charge is 2.44. The van der Waals surface area contributed by atoms with E-state index in [1.807, 2.05) is 24.3 Å². The Kier molecular flexibility index (Phi) is 7.65. The van der Waals surface area contributed by atoms with Crippen LogP contribution in [0.3, 0.4) is 0 Å². The summed E-state index contributed by atoms with van der Waals surface area (Å²) < 4.78 is 8.42. The van der Waals surface area contributed by atoms with Crippen LogP contribution in [-0.4, -0.2) is 72.1 Å². The number of nitrogens with zero attached hydrogens (tertiary/aromatic N) is 5. The normalized spacial score (nSPS) is 23.3. The molecular weight excluding hydrogens is 512 g/mol. The lowest BCUT2D eigenvalue weighted by Gasteiger charge is -2.16. The van der Waals surface area contributed by atoms with Crippen LogP contribution in [0.2, 0.25) is 0 Å². The number of hydrogen-bond acceptors (Lipinski definition) is 9. The molecule has 1 aliphatic heterocycles. The number of thioether (sulfide) groups is 1. The van der Waals surface area contributed by atoms with Crippen molar-refractivity contribution in [2.45, 2.75) is 31.0 Å². The second-order valence-corrected chi connectivity index (χ2v) is 9.43. The van der Waals surface area contributed by atoms with Gasteiger partial charge in [0, 0.05) is 16.8 Å². The topological polar surface area (TPSA) is 170 Å². The summed E-state index contributed by atoms with van der Waals surface area (Å²) in [5.74, 6) is 1.92. The number of aliphatic hydroxyl groups excluding tert-OH is 2. The number of hydrogen-bond donors (Lipinski definition) is 5. The molecule has 0 amide bonds. The van der Waals surface area contributed by atoms with Gasteiger partial charge < -0.3 is 31.7 Å². The number of ether oxygens (including phenoxy) is 1. The molecule has 2 aromatic heterocycles. The van der Waals surface area contributed by atoms with E-state index in [0.717, 1.165) is 22.3 Å². The number of para-hydroxylation sites is 1. The van der Waals surface area contributed by atoms with Crippen molar-refractivity contribution >= 4 is 56.3 Å². The van der Waals surface area contributed by atoms with Gasteiger partial charge in [-0.05, 0) is 40.2 Å². The Hall–Kier alpha value is -2.45. The lowest BCUT2D eigenvalue weighted by Crippen LogP contribution is -2.32. The van der Waals surface area contributed by atoms with Crippen LogP contribution in [0.4, 0.5) is 11.5 Å². The number of anilines is 2. The zero-order chi connectivity index (χ0) is 23.4. The van der Waals surface area contributed by atoms with Crippen molar-refractivity contribution in [2.24, 2.45) is 10.7 Å². The Bertz CT molecular complexity index is 1130. The summed E-state index contributed by atoms with van der Waals surface area (Å²) in [6, 6.07) is 7.67. The Morgan fingerprint density at radius 2 is 2.06 bits per heavy atom. The minimum Gasteiger partial charge on any atom is -0.387 e. The van der Waals surface area contributed by atoms with Gasteiger partial charge in [-0.1, -0.05) is 12.1 Å². The summed E-state index contributed by atoms with van der Waals surface area (Å²) in [7, 11) is 0. The summed E-state index contributed by atoms with van der Waals surface area (Å²) in [5.41, 5.74) is 13.5. The van der Waals surface area contributed by atoms with E-state index in [2.05, 4.69) is 41.2 Å². The molecule has 11 nitrogen and oxygen atoms in total. The number of nitrogens with two attached hydrogens (primary N) is 2. The molecular formula is C20H25BrN8O3S. The first-order valence-electron chi connectivity index (χ1n) is 10.3. The Morgan fingerprint density at radius 3 is 2.88 bits per heavy atom. The number of nitrogen functional groups attached to an aromatic ring is 1. The molecule has 1 aliphatic rings. The maximum absolute atomic E-state index is 10.5. The van der Waals surface area contributed by atoms with E-state index in [4.69, 9.17) is 16.2 Å². The second-order valence-electron chi connectivity index (χ2n) is 7.43. The van der Waals surface area contributed by atoms with E-state index < -0.39 is 24.5 Å². The highest BCUT2D eigenvalue weighted by molar-refractivity contribution is 9.10. The average Bonchev–Trinajstić information content (AvgIpc) is 3.35. The predicted octanol–water partition coefficient (Wildman–Crippen LogP) is 1.34. The summed E-state index contributed by atoms with van der Waals surface area (Å²) in [6.45, 7) is 0.567. The second kappa shape index (κ2) is 10.7. The molecule has 0 unspecified atom stereocenters. The van der Waals surface area contributed by atoms with Gasteiger partial charge in [-0.2, -0.15) is 11.8 Å². The first kappa shape index (κ1) is 23.7. The number of fused-ring (bicyclic) bond motifs is 1. The fourth-order valence-corrected chi connectivity index (χ4v) is 4.85. The van der Waals surface area contributed by atoms with Crippen LogP contribution in [0.25, 0.3) is 11.2 Å². The van der Waals surface area contributed by atoms with Crippen LogP contribution in [0, 0.1) is 0 Å². The van der Waals surface area contributed by atoms with Gasteiger partial charge in [-0.15, -0.1) is 0 Å². The van der Waals surface area contributed by atoms with Gasteiger partial charge in [-0.3, -0.25) is 9.56 Å². The zero-order valence-electron chi connectivity index (χ0n) is 17.6. The van der Waals surface area contributed by atoms with Crippen LogP contribution >= 0.6 is 27.7 Å². The highest BCUT2D eigenvalue weighted by Crippen LogP contribution is 2.33. The zero-order valence-corrected chi connectivity index (χ0v) is 20.0. The van der Waals surface area contributed by atoms with Crippen molar-refractivity contribution in [3.05, 3.63) is 41.4 Å². The van der Waals surface area contributed by atoms with Crippen LogP contribution in [0.15, 0.2) is 46.4 Å². The number of nitrogens with one attached hydrogen (secondary N) is 1. The van der Waals surface area contributed by atoms with E-state index in [0.29, 0.717) is 29.4 Å². The van der Waals surface area contributed by atoms with Gasteiger partial charge in [0.15, 0.2) is 23.7 Å². The first-order valence-corrected chi connectivity index (χ1v) is 12.2. The monoisotopic (exact) mass is 536 g/mol. The van der Waals surface area contributed by atoms with Gasteiger partial charge in [0.2, 0.25) is 0 Å². The number of aliphatic hydroxyl groups is 2. The molecule has 0 saturated carbocycles. The molecule has 1 aromatic carbocycles. The number of halogens is 1. The molecule has 1 saturated heterocycles. The number of aliphatic imine (C=N–C) groups is 1. The summed E-state index contributed by atoms with van der Waals surface area (Å²) in [5, 5.41) is 24.0. The highest BCUT2D eigenvalue weighted by atomic mass is 79.9. The maximum atomic E-state index is 10.5. The molecule has 4 atom stereocenters. The number of benzene rings is 1. The Balaban J connectivity index is 1.24. The van der Waals surface area contributed by atoms with Crippen LogP contribution in [0.1, 0.15) is 12.6 Å². The van der Waals surface area contributed by atoms with E-state index in [-0.39, 0.29) is 5.82 Å². The van der Waals surface area contributed by atoms with E-state index >= 15 is 0 Å². The van der Waals surface area contributed by atoms with Gasteiger partial charge in [-0.25, -0.2) is 15.0 Å². The molecule has 1 fully saturated rings. The van der Waals surface area contributed by atoms with Gasteiger partial charge in [0.25, 0.3) is 0 Å². The maximum Gasteiger partial charge on any atom is 0.193 e. The third-order valence-corrected chi connectivity index (χ3v) is 6.98. The largest absolute Gasteiger partial charge is 0.387 e. The summed E-state index contributed by atoms with van der Waals surface area (Å²) in [4.78, 5) is 16.6. The molecule has 176 valence electrons. The number of aromatic nitrogens is 4. The van der Waals surface area contributed by atoms with Crippen molar-refractivity contribution < 1.29 is 14.9 Å². The van der Waals surface area contributed by atoms with Crippen molar-refractivity contribution in [2.75, 3.05) is 29.1 Å². The van der Waals surface area contributed by atoms with Gasteiger partial charge >= 0.3 is 0 Å². The number of guanidine groups is 1. The van der Waals surface area contributed by atoms with E-state index in [1.165, 1.54) is 12.7 Å². The van der Waals surface area contributed by atoms with Crippen molar-refractivity contribution in [1.29, 1.82) is 0 Å². The molecule has 3 heterocycles. The molecule has 4 rings (SSSR count). The fraction of sp³-hybridized carbons (Fsp3) is 0.400. The molecule has 33 heavy (non-hydrogen) atoms. The minimum absolute atomic E-state index is 0.244. The molecule has 3 aromatic rings. The third-order valence-electron chi connectivity index (χ3n) is 5.15. The van der Waals surface area contributed by atoms with Crippen LogP contribution in [-0.2, 0) is 4.74 Å². The lowest BCUT2D eigenvalue weighted by molar-refractivity contribution is -0.0289. The average molecular weight is 537 g/mol. The van der Waals surface area contributed by atoms with Gasteiger partial charge in [0.05, 0.1) is 18.1 Å². The fourth-order valence-electron chi connectivity index (χ4n) is 3.46. The minimum atomic E-state index is -1.11. The van der Waals surface area contributed by atoms with Crippen LogP contribution in [0.5, 0.6) is 0 Å². The molecule has 0 aliphatic carbocycles. The smallest absolute Gasteiger partial charge is 0.193 e. The SMILES string of the molecule is NC(=NCCCSC[C@H]1O[C@@H](n2cnc3c(N)ncnc32)[C@H](O)[C@@H]1O)Nc1ccccc1Br. The molecule has 7 N–H and O–H groups in total. The van der Waals surface area contributed by atoms with Crippen LogP contribution < -0.4 is 16.8 Å². The quantitative estimate of drug-likeness (QED) is 0.161. The standard InChI is InChI=1S/C20H25BrN8O3S/c21-11-4-1-2-5-12(11)28-20(23)24-6-3-7-33-8-13-15(30)16(31)19(32-13)29-10-27-14-17(22)25-9-26-18(14)29/h1-2,4-5,9-10,13,15-16,19,30-31H,3,6-8H2,(H2,22,25,26)(H3,23,24,28)/t13-,15-,16-,19-/m1/s1. The molecule has 0 radical (unpaired) electrons. The molecule has 0 spiro atoms. The first-order chi connectivity index (χ1) is 16.0. The number of imidazole rings is 1. The molecule has 13 heteroatoms. The van der Waals surface area contributed by atoms with E-state index in [9.17, 15) is 10.2 Å². The van der Waals surface area contributed by atoms with Crippen molar-refractivity contribution in [1.82, 2.24) is 19.5 Å². The summed E-state index contributed by atoms with van der Waals surface area (Å²) in [6.07, 6.45) is 0.133. The lowest BCUT2D eigenvalue weighted by atomic mass is 10.1. The van der Waals surface area contributed by atoms with Crippen molar-refractivity contribution in [3.63, 3.8) is 0 Å². The molecule has 0 bridgehead atoms. The predicted molar refractivity (Wildman–Crippen MR) is 132 cm³/mol. The number of rotatable bonds is 8. The van der Waals surface area contributed by atoms with Crippen molar-refractivity contribution in [3.8, 4) is 0 Å². The Labute approximate surface area is 202 Å². The summed E-state index contributed by atoms with van der Waals surface area (Å²) >= 11 is 5.07. The Morgan fingerprint density at radius 1 is 1.24 bits per heavy atom. The van der Waals surface area contributed by atoms with E-state index in [1.54, 1.807) is 16.3 Å².